The van der Waals surface area contributed by atoms with Crippen LogP contribution >= 0.6 is 11.8 Å². The molecule has 0 aliphatic rings. The average Bonchev–Trinajstić information content (AvgIpc) is 2.22. The van der Waals surface area contributed by atoms with Gasteiger partial charge in [0.25, 0.3) is 0 Å². The summed E-state index contributed by atoms with van der Waals surface area (Å²) in [5, 5.41) is 5.43. The smallest absolute Gasteiger partial charge is 0.408 e. The lowest BCUT2D eigenvalue weighted by atomic mass is 10.1. The van der Waals surface area contributed by atoms with Crippen LogP contribution in [0, 0.1) is 0 Å². The summed E-state index contributed by atoms with van der Waals surface area (Å²) in [5.41, 5.74) is -1.18. The number of carbonyl (C=O) groups is 3. The molecular formula is C14H26N2O4S. The number of ether oxygens (including phenoxy) is 1. The van der Waals surface area contributed by atoms with Crippen LogP contribution < -0.4 is 10.6 Å². The van der Waals surface area contributed by atoms with Gasteiger partial charge >= 0.3 is 6.09 Å². The molecule has 0 aromatic heterocycles. The Morgan fingerprint density at radius 2 is 1.67 bits per heavy atom. The van der Waals surface area contributed by atoms with Crippen molar-refractivity contribution < 1.29 is 19.1 Å². The molecule has 0 aromatic rings. The highest BCUT2D eigenvalue weighted by atomic mass is 32.2. The molecule has 21 heavy (non-hydrogen) atoms. The Bertz CT molecular complexity index is 389. The first-order chi connectivity index (χ1) is 9.41. The van der Waals surface area contributed by atoms with Gasteiger partial charge in [-0.3, -0.25) is 9.59 Å². The SMILES string of the molecule is CC(=O)SCCC(=O)NCC(C)(C)NC(=O)OC(C)(C)C. The Kier molecular flexibility index (Phi) is 7.78. The topological polar surface area (TPSA) is 84.5 Å². The fourth-order valence-corrected chi connectivity index (χ4v) is 1.89. The van der Waals surface area contributed by atoms with Gasteiger partial charge in [-0.15, -0.1) is 0 Å². The summed E-state index contributed by atoms with van der Waals surface area (Å²) in [5.74, 6) is 0.309. The lowest BCUT2D eigenvalue weighted by molar-refractivity contribution is -0.121. The Balaban J connectivity index is 4.09. The first kappa shape index (κ1) is 19.8. The lowest BCUT2D eigenvalue weighted by Gasteiger charge is -2.28. The van der Waals surface area contributed by atoms with Crippen LogP contribution in [0.2, 0.25) is 0 Å². The van der Waals surface area contributed by atoms with E-state index in [1.807, 2.05) is 0 Å². The van der Waals surface area contributed by atoms with Gasteiger partial charge in [0.05, 0.1) is 5.54 Å². The maximum absolute atomic E-state index is 11.7. The molecule has 0 spiro atoms. The molecule has 2 N–H and O–H groups in total. The van der Waals surface area contributed by atoms with Crippen LogP contribution in [0.3, 0.4) is 0 Å². The van der Waals surface area contributed by atoms with Crippen molar-refractivity contribution in [3.63, 3.8) is 0 Å². The molecule has 122 valence electrons. The summed E-state index contributed by atoms with van der Waals surface area (Å²) in [6, 6.07) is 0. The monoisotopic (exact) mass is 318 g/mol. The molecule has 0 aromatic carbocycles. The van der Waals surface area contributed by atoms with Crippen LogP contribution in [0.4, 0.5) is 4.79 Å². The van der Waals surface area contributed by atoms with Crippen LogP contribution in [-0.2, 0) is 14.3 Å². The number of thioether (sulfide) groups is 1. The van der Waals surface area contributed by atoms with Crippen LogP contribution in [-0.4, -0.2) is 40.6 Å². The van der Waals surface area contributed by atoms with E-state index >= 15 is 0 Å². The normalized spacial score (nSPS) is 11.7. The number of amides is 2. The Morgan fingerprint density at radius 3 is 2.14 bits per heavy atom. The molecule has 0 aliphatic carbocycles. The van der Waals surface area contributed by atoms with Crippen molar-refractivity contribution in [2.45, 2.75) is 59.1 Å². The highest BCUT2D eigenvalue weighted by Gasteiger charge is 2.24. The maximum Gasteiger partial charge on any atom is 0.408 e. The summed E-state index contributed by atoms with van der Waals surface area (Å²) in [6.45, 7) is 10.7. The average molecular weight is 318 g/mol. The lowest BCUT2D eigenvalue weighted by Crippen LogP contribution is -2.52. The first-order valence-corrected chi connectivity index (χ1v) is 7.81. The van der Waals surface area contributed by atoms with E-state index in [1.54, 1.807) is 34.6 Å². The minimum Gasteiger partial charge on any atom is -0.444 e. The molecule has 0 fully saturated rings. The number of carbonyl (C=O) groups excluding carboxylic acids is 3. The molecule has 0 radical (unpaired) electrons. The van der Waals surface area contributed by atoms with Gasteiger partial charge in [0.15, 0.2) is 5.12 Å². The fourth-order valence-electron chi connectivity index (χ4n) is 1.32. The molecular weight excluding hydrogens is 292 g/mol. The quantitative estimate of drug-likeness (QED) is 0.783. The van der Waals surface area contributed by atoms with E-state index in [0.717, 1.165) is 11.8 Å². The van der Waals surface area contributed by atoms with Crippen molar-refractivity contribution in [3.05, 3.63) is 0 Å². The summed E-state index contributed by atoms with van der Waals surface area (Å²) >= 11 is 1.12. The minimum absolute atomic E-state index is 0.00489. The first-order valence-electron chi connectivity index (χ1n) is 6.82. The van der Waals surface area contributed by atoms with Gasteiger partial charge in [0.2, 0.25) is 5.91 Å². The third-order valence-corrected chi connectivity index (χ3v) is 3.02. The molecule has 6 nitrogen and oxygen atoms in total. The number of nitrogens with one attached hydrogen (secondary N) is 2. The van der Waals surface area contributed by atoms with E-state index in [2.05, 4.69) is 10.6 Å². The Morgan fingerprint density at radius 1 is 1.10 bits per heavy atom. The Labute approximate surface area is 130 Å². The zero-order valence-electron chi connectivity index (χ0n) is 13.7. The largest absolute Gasteiger partial charge is 0.444 e. The van der Waals surface area contributed by atoms with Gasteiger partial charge in [-0.1, -0.05) is 11.8 Å². The number of rotatable bonds is 6. The van der Waals surface area contributed by atoms with Crippen molar-refractivity contribution in [3.8, 4) is 0 Å². The minimum atomic E-state index is -0.619. The molecule has 0 atom stereocenters. The third kappa shape index (κ3) is 12.2. The highest BCUT2D eigenvalue weighted by Crippen LogP contribution is 2.09. The van der Waals surface area contributed by atoms with Crippen LogP contribution in [0.5, 0.6) is 0 Å². The van der Waals surface area contributed by atoms with Crippen LogP contribution in [0.25, 0.3) is 0 Å². The van der Waals surface area contributed by atoms with Crippen LogP contribution in [0.15, 0.2) is 0 Å². The zero-order valence-corrected chi connectivity index (χ0v) is 14.5. The molecule has 0 saturated carbocycles. The standard InChI is InChI=1S/C14H26N2O4S/c1-10(17)21-8-7-11(18)15-9-14(5,6)16-12(19)20-13(2,3)4/h7-9H2,1-6H3,(H,15,18)(H,16,19). The van der Waals surface area contributed by atoms with Gasteiger partial charge in [0, 0.05) is 25.6 Å². The second-order valence-electron chi connectivity index (χ2n) is 6.38. The summed E-state index contributed by atoms with van der Waals surface area (Å²) < 4.78 is 5.17. The molecule has 0 aliphatic heterocycles. The molecule has 0 saturated heterocycles. The summed E-state index contributed by atoms with van der Waals surface area (Å²) in [6.07, 6.45) is -0.249. The van der Waals surface area contributed by atoms with Crippen molar-refractivity contribution in [1.29, 1.82) is 0 Å². The van der Waals surface area contributed by atoms with E-state index in [-0.39, 0.29) is 24.0 Å². The van der Waals surface area contributed by atoms with Crippen molar-refractivity contribution in [2.75, 3.05) is 12.3 Å². The van der Waals surface area contributed by atoms with E-state index in [0.29, 0.717) is 5.75 Å². The van der Waals surface area contributed by atoms with Crippen LogP contribution in [0.1, 0.15) is 48.0 Å². The molecule has 0 bridgehead atoms. The van der Waals surface area contributed by atoms with E-state index in [4.69, 9.17) is 4.74 Å². The zero-order chi connectivity index (χ0) is 16.7. The van der Waals surface area contributed by atoms with Crippen molar-refractivity contribution in [1.82, 2.24) is 10.6 Å². The summed E-state index contributed by atoms with van der Waals surface area (Å²) in [7, 11) is 0. The Hall–Kier alpha value is -1.24. The van der Waals surface area contributed by atoms with Gasteiger partial charge < -0.3 is 15.4 Å². The summed E-state index contributed by atoms with van der Waals surface area (Å²) in [4.78, 5) is 34.0. The number of alkyl carbamates (subject to hydrolysis) is 1. The maximum atomic E-state index is 11.7. The molecule has 0 unspecified atom stereocenters. The number of hydrogen-bond donors (Lipinski definition) is 2. The fraction of sp³-hybridized carbons (Fsp3) is 0.786. The van der Waals surface area contributed by atoms with Gasteiger partial charge in [-0.2, -0.15) is 0 Å². The van der Waals surface area contributed by atoms with E-state index in [9.17, 15) is 14.4 Å². The predicted octanol–water partition coefficient (Wildman–Crippen LogP) is 2.08. The highest BCUT2D eigenvalue weighted by molar-refractivity contribution is 8.13. The second-order valence-corrected chi connectivity index (χ2v) is 7.65. The predicted molar refractivity (Wildman–Crippen MR) is 84.2 cm³/mol. The molecule has 0 rings (SSSR count). The molecule has 7 heteroatoms. The second kappa shape index (κ2) is 8.26. The third-order valence-electron chi connectivity index (χ3n) is 2.20. The van der Waals surface area contributed by atoms with Gasteiger partial charge in [-0.05, 0) is 34.6 Å². The van der Waals surface area contributed by atoms with Crippen molar-refractivity contribution >= 4 is 28.9 Å². The van der Waals surface area contributed by atoms with E-state index < -0.39 is 17.2 Å². The molecule has 2 amide bonds. The molecule has 0 heterocycles. The van der Waals surface area contributed by atoms with Gasteiger partial charge in [-0.25, -0.2) is 4.79 Å². The van der Waals surface area contributed by atoms with Gasteiger partial charge in [0.1, 0.15) is 5.60 Å². The number of hydrogen-bond acceptors (Lipinski definition) is 5. The van der Waals surface area contributed by atoms with E-state index in [1.165, 1.54) is 6.92 Å². The van der Waals surface area contributed by atoms with Crippen molar-refractivity contribution in [2.24, 2.45) is 0 Å².